The molecule has 0 bridgehead atoms. The van der Waals surface area contributed by atoms with Gasteiger partial charge in [0.2, 0.25) is 0 Å². The average Bonchev–Trinajstić information content (AvgIpc) is 2.45. The van der Waals surface area contributed by atoms with E-state index in [1.807, 2.05) is 11.7 Å². The molecule has 0 amide bonds. The third kappa shape index (κ3) is 3.08. The van der Waals surface area contributed by atoms with Crippen LogP contribution in [0.2, 0.25) is 0 Å². The fraction of sp³-hybridized carbons (Fsp3) is 0.800. The first-order chi connectivity index (χ1) is 6.41. The van der Waals surface area contributed by atoms with Crippen molar-refractivity contribution in [2.24, 2.45) is 12.5 Å². The number of hydrogen-bond donors (Lipinski definition) is 0. The molecule has 0 saturated heterocycles. The fourth-order valence-electron chi connectivity index (χ4n) is 1.24. The van der Waals surface area contributed by atoms with Crippen molar-refractivity contribution in [2.45, 2.75) is 38.4 Å². The molecule has 1 aromatic heterocycles. The van der Waals surface area contributed by atoms with Crippen LogP contribution in [0.5, 0.6) is 0 Å². The number of nitrogens with zero attached hydrogens (tertiary/aromatic N) is 3. The second-order valence-corrected chi connectivity index (χ2v) is 5.78. The summed E-state index contributed by atoms with van der Waals surface area (Å²) in [4.78, 5) is 4.72. The summed E-state index contributed by atoms with van der Waals surface area (Å²) in [7, 11) is 1.93. The lowest BCUT2D eigenvalue weighted by Gasteiger charge is -2.25. The molecule has 0 aliphatic carbocycles. The van der Waals surface area contributed by atoms with Crippen LogP contribution >= 0.6 is 15.9 Å². The number of halogens is 1. The van der Waals surface area contributed by atoms with E-state index >= 15 is 0 Å². The van der Waals surface area contributed by atoms with Crippen molar-refractivity contribution in [2.75, 3.05) is 0 Å². The lowest BCUT2D eigenvalue weighted by Crippen LogP contribution is -2.21. The summed E-state index contributed by atoms with van der Waals surface area (Å²) in [5, 5.41) is 4.05. The second kappa shape index (κ2) is 4.43. The Balaban J connectivity index is 2.46. The number of hydrogen-bond acceptors (Lipinski definition) is 2. The first kappa shape index (κ1) is 11.7. The highest BCUT2D eigenvalue weighted by molar-refractivity contribution is 9.09. The van der Waals surface area contributed by atoms with E-state index in [1.54, 1.807) is 6.33 Å². The minimum atomic E-state index is 0.304. The third-order valence-electron chi connectivity index (χ3n) is 2.37. The molecular formula is C10H18BrN3. The number of alkyl halides is 1. The van der Waals surface area contributed by atoms with E-state index in [9.17, 15) is 0 Å². The molecule has 80 valence electrons. The van der Waals surface area contributed by atoms with Crippen molar-refractivity contribution in [1.29, 1.82) is 0 Å². The lowest BCUT2D eigenvalue weighted by atomic mass is 9.89. The van der Waals surface area contributed by atoms with E-state index in [-0.39, 0.29) is 0 Å². The van der Waals surface area contributed by atoms with Crippen molar-refractivity contribution in [1.82, 2.24) is 14.8 Å². The van der Waals surface area contributed by atoms with Crippen LogP contribution < -0.4 is 0 Å². The Kier molecular flexibility index (Phi) is 3.70. The highest BCUT2D eigenvalue weighted by atomic mass is 79.9. The van der Waals surface area contributed by atoms with Crippen molar-refractivity contribution < 1.29 is 0 Å². The number of rotatable bonds is 3. The van der Waals surface area contributed by atoms with Crippen molar-refractivity contribution in [3.05, 3.63) is 12.2 Å². The van der Waals surface area contributed by atoms with Crippen molar-refractivity contribution >= 4 is 15.9 Å². The SMILES string of the molecule is Cn1ncnc1CCC(Br)C(C)(C)C. The molecule has 3 nitrogen and oxygen atoms in total. The van der Waals surface area contributed by atoms with Gasteiger partial charge in [0.25, 0.3) is 0 Å². The quantitative estimate of drug-likeness (QED) is 0.782. The molecule has 0 saturated carbocycles. The molecule has 0 radical (unpaired) electrons. The summed E-state index contributed by atoms with van der Waals surface area (Å²) in [6.45, 7) is 6.72. The first-order valence-electron chi connectivity index (χ1n) is 4.88. The van der Waals surface area contributed by atoms with Crippen LogP contribution in [0.25, 0.3) is 0 Å². The number of aromatic nitrogens is 3. The Morgan fingerprint density at radius 3 is 2.57 bits per heavy atom. The molecule has 1 atom stereocenters. The Morgan fingerprint density at radius 2 is 2.14 bits per heavy atom. The first-order valence-corrected chi connectivity index (χ1v) is 5.80. The minimum Gasteiger partial charge on any atom is -0.253 e. The maximum Gasteiger partial charge on any atom is 0.138 e. The van der Waals surface area contributed by atoms with Gasteiger partial charge in [-0.1, -0.05) is 36.7 Å². The van der Waals surface area contributed by atoms with Crippen molar-refractivity contribution in [3.8, 4) is 0 Å². The van der Waals surface area contributed by atoms with Gasteiger partial charge in [0.05, 0.1) is 0 Å². The topological polar surface area (TPSA) is 30.7 Å². The standard InChI is InChI=1S/C10H18BrN3/c1-10(2,3)8(11)5-6-9-12-7-13-14(9)4/h7-8H,5-6H2,1-4H3. The third-order valence-corrected chi connectivity index (χ3v) is 4.20. The maximum absolute atomic E-state index is 4.20. The van der Waals surface area contributed by atoms with Gasteiger partial charge in [-0.2, -0.15) is 5.10 Å². The maximum atomic E-state index is 4.20. The van der Waals surface area contributed by atoms with Crippen LogP contribution in [0.15, 0.2) is 6.33 Å². The van der Waals surface area contributed by atoms with E-state index in [0.29, 0.717) is 10.2 Å². The Hall–Kier alpha value is -0.380. The largest absolute Gasteiger partial charge is 0.253 e. The van der Waals surface area contributed by atoms with E-state index in [0.717, 1.165) is 18.7 Å². The predicted octanol–water partition coefficient (Wildman–Crippen LogP) is 2.56. The summed E-state index contributed by atoms with van der Waals surface area (Å²) in [6, 6.07) is 0. The van der Waals surface area contributed by atoms with Gasteiger partial charge >= 0.3 is 0 Å². The molecule has 0 N–H and O–H groups in total. The molecule has 0 spiro atoms. The molecular weight excluding hydrogens is 242 g/mol. The van der Waals surface area contributed by atoms with Crippen LogP contribution in [0, 0.1) is 5.41 Å². The normalized spacial score (nSPS) is 14.4. The van der Waals surface area contributed by atoms with E-state index < -0.39 is 0 Å². The lowest BCUT2D eigenvalue weighted by molar-refractivity contribution is 0.383. The van der Waals surface area contributed by atoms with E-state index in [1.165, 1.54) is 0 Å². The monoisotopic (exact) mass is 259 g/mol. The fourth-order valence-corrected chi connectivity index (χ4v) is 1.46. The number of aryl methyl sites for hydroxylation is 2. The van der Waals surface area contributed by atoms with Crippen LogP contribution in [-0.4, -0.2) is 19.6 Å². The summed E-state index contributed by atoms with van der Waals surface area (Å²) in [5.74, 6) is 1.05. The molecule has 0 aliphatic heterocycles. The summed E-state index contributed by atoms with van der Waals surface area (Å²) < 4.78 is 1.84. The van der Waals surface area contributed by atoms with Crippen LogP contribution in [0.1, 0.15) is 33.0 Å². The molecule has 4 heteroatoms. The molecule has 1 unspecified atom stereocenters. The van der Waals surface area contributed by atoms with Gasteiger partial charge in [0.1, 0.15) is 12.2 Å². The second-order valence-electron chi connectivity index (χ2n) is 4.67. The van der Waals surface area contributed by atoms with Gasteiger partial charge in [0.15, 0.2) is 0 Å². The average molecular weight is 260 g/mol. The van der Waals surface area contributed by atoms with Gasteiger partial charge in [-0.3, -0.25) is 4.68 Å². The van der Waals surface area contributed by atoms with Gasteiger partial charge in [0, 0.05) is 18.3 Å². The molecule has 1 aromatic rings. The highest BCUT2D eigenvalue weighted by Crippen LogP contribution is 2.29. The van der Waals surface area contributed by atoms with Gasteiger partial charge in [-0.25, -0.2) is 4.98 Å². The zero-order chi connectivity index (χ0) is 10.8. The predicted molar refractivity (Wildman–Crippen MR) is 61.5 cm³/mol. The zero-order valence-corrected chi connectivity index (χ0v) is 10.9. The summed E-state index contributed by atoms with van der Waals surface area (Å²) in [5.41, 5.74) is 0.304. The Bertz CT molecular complexity index is 288. The highest BCUT2D eigenvalue weighted by Gasteiger charge is 2.21. The Morgan fingerprint density at radius 1 is 1.50 bits per heavy atom. The minimum absolute atomic E-state index is 0.304. The molecule has 14 heavy (non-hydrogen) atoms. The van der Waals surface area contributed by atoms with Gasteiger partial charge < -0.3 is 0 Å². The van der Waals surface area contributed by atoms with Crippen molar-refractivity contribution in [3.63, 3.8) is 0 Å². The summed E-state index contributed by atoms with van der Waals surface area (Å²) >= 11 is 3.71. The van der Waals surface area contributed by atoms with Crippen LogP contribution in [0.3, 0.4) is 0 Å². The smallest absolute Gasteiger partial charge is 0.138 e. The Labute approximate surface area is 94.0 Å². The molecule has 0 aliphatic rings. The zero-order valence-electron chi connectivity index (χ0n) is 9.29. The van der Waals surface area contributed by atoms with Crippen LogP contribution in [0.4, 0.5) is 0 Å². The molecule has 0 aromatic carbocycles. The molecule has 1 heterocycles. The van der Waals surface area contributed by atoms with Gasteiger partial charge in [-0.05, 0) is 11.8 Å². The van der Waals surface area contributed by atoms with E-state index in [4.69, 9.17) is 0 Å². The molecule has 0 fully saturated rings. The molecule has 1 rings (SSSR count). The van der Waals surface area contributed by atoms with Crippen LogP contribution in [-0.2, 0) is 13.5 Å². The summed E-state index contributed by atoms with van der Waals surface area (Å²) in [6.07, 6.45) is 3.68. The van der Waals surface area contributed by atoms with E-state index in [2.05, 4.69) is 46.8 Å². The van der Waals surface area contributed by atoms with Gasteiger partial charge in [-0.15, -0.1) is 0 Å².